The van der Waals surface area contributed by atoms with Gasteiger partial charge in [-0.05, 0) is 154 Å². The van der Waals surface area contributed by atoms with E-state index in [2.05, 4.69) is 37.0 Å². The van der Waals surface area contributed by atoms with E-state index in [9.17, 15) is 19.8 Å². The highest BCUT2D eigenvalue weighted by Gasteiger charge is 2.74. The molecule has 0 radical (unpaired) electrons. The standard InChI is InChI=1S/C51H63ClFNO6/c1-46-13-10-35(55)27-49(46)16-17-51(37(28-49)40(56)23-36-38(52)6-5-7-39(36)53)43(46)11-14-47(2)44(51)12-15-50(47,58)30-54(29-48-24-32-18-33(25-48)20-34(19-32)26-48)45(57)22-31-8-9-41(59-3)42(21-31)60-4/h5-9,16-17,21,28,32-35,43-44,55,58H,10-15,18-20,22-27,29-30H2,1-4H3/t32?,33?,34?,35?,43-,44-,46-,47+,48?,49+,50-,51-/m1/s1. The van der Waals surface area contributed by atoms with Crippen molar-refractivity contribution in [2.75, 3.05) is 27.3 Å². The summed E-state index contributed by atoms with van der Waals surface area (Å²) in [6.45, 7) is 5.53. The zero-order valence-electron chi connectivity index (χ0n) is 35.9. The number of fused-ring (bicyclic) bond motifs is 1. The minimum absolute atomic E-state index is 0.0242. The molecule has 0 heterocycles. The zero-order chi connectivity index (χ0) is 42.0. The number of allylic oxidation sites excluding steroid dienone is 4. The average Bonchev–Trinajstić information content (AvgIpc) is 3.47. The monoisotopic (exact) mass is 839 g/mol. The van der Waals surface area contributed by atoms with Gasteiger partial charge in [-0.2, -0.15) is 0 Å². The number of methoxy groups -OCH3 is 2. The van der Waals surface area contributed by atoms with Gasteiger partial charge >= 0.3 is 0 Å². The van der Waals surface area contributed by atoms with Crippen LogP contribution in [0.3, 0.4) is 0 Å². The fraction of sp³-hybridized carbons (Fsp3) is 0.647. The van der Waals surface area contributed by atoms with E-state index in [1.54, 1.807) is 26.4 Å². The Morgan fingerprint density at radius 3 is 2.18 bits per heavy atom. The smallest absolute Gasteiger partial charge is 0.227 e. The lowest BCUT2D eigenvalue weighted by molar-refractivity contribution is -0.183. The summed E-state index contributed by atoms with van der Waals surface area (Å²) in [5.74, 6) is 2.82. The topological polar surface area (TPSA) is 96.3 Å². The van der Waals surface area contributed by atoms with Crippen LogP contribution in [0, 0.1) is 62.5 Å². The van der Waals surface area contributed by atoms with Crippen LogP contribution in [0.15, 0.2) is 60.2 Å². The maximum absolute atomic E-state index is 15.3. The van der Waals surface area contributed by atoms with E-state index >= 15 is 4.39 Å². The molecule has 0 aromatic heterocycles. The molecular weight excluding hydrogens is 777 g/mol. The van der Waals surface area contributed by atoms with Crippen molar-refractivity contribution in [1.82, 2.24) is 4.90 Å². The van der Waals surface area contributed by atoms with Gasteiger partial charge in [0.2, 0.25) is 5.91 Å². The van der Waals surface area contributed by atoms with Crippen LogP contribution in [-0.2, 0) is 22.4 Å². The van der Waals surface area contributed by atoms with Gasteiger partial charge in [0.05, 0.1) is 32.3 Å². The molecule has 0 aliphatic heterocycles. The zero-order valence-corrected chi connectivity index (χ0v) is 36.7. The lowest BCUT2D eigenvalue weighted by Gasteiger charge is -2.71. The highest BCUT2D eigenvalue weighted by Crippen LogP contribution is 2.78. The van der Waals surface area contributed by atoms with E-state index in [-0.39, 0.29) is 64.3 Å². The highest BCUT2D eigenvalue weighted by atomic mass is 35.5. The van der Waals surface area contributed by atoms with Crippen molar-refractivity contribution in [1.29, 1.82) is 0 Å². The predicted octanol–water partition coefficient (Wildman–Crippen LogP) is 9.49. The Labute approximate surface area is 360 Å². The first kappa shape index (κ1) is 40.8. The maximum atomic E-state index is 15.3. The molecule has 7 saturated carbocycles. The Kier molecular flexibility index (Phi) is 9.64. The summed E-state index contributed by atoms with van der Waals surface area (Å²) >= 11 is 6.56. The van der Waals surface area contributed by atoms with Crippen LogP contribution < -0.4 is 9.47 Å². The van der Waals surface area contributed by atoms with Crippen LogP contribution in [0.2, 0.25) is 5.02 Å². The van der Waals surface area contributed by atoms with E-state index in [1.165, 1.54) is 25.3 Å². The minimum atomic E-state index is -1.20. The molecule has 7 nitrogen and oxygen atoms in total. The molecule has 7 fully saturated rings. The van der Waals surface area contributed by atoms with E-state index in [4.69, 9.17) is 21.1 Å². The molecule has 0 saturated heterocycles. The fourth-order valence-corrected chi connectivity index (χ4v) is 16.6. The number of hydrogen-bond donors (Lipinski definition) is 2. The lowest BCUT2D eigenvalue weighted by atomic mass is 9.32. The summed E-state index contributed by atoms with van der Waals surface area (Å²) in [4.78, 5) is 32.0. The summed E-state index contributed by atoms with van der Waals surface area (Å²) in [5, 5.41) is 24.9. The molecule has 2 N–H and O–H groups in total. The minimum Gasteiger partial charge on any atom is -0.493 e. The lowest BCUT2D eigenvalue weighted by Crippen LogP contribution is -2.67. The van der Waals surface area contributed by atoms with Crippen LogP contribution in [0.4, 0.5) is 4.39 Å². The third-order valence-corrected chi connectivity index (χ3v) is 19.1. The summed E-state index contributed by atoms with van der Waals surface area (Å²) in [5.41, 5.74) is -1.34. The largest absolute Gasteiger partial charge is 0.493 e. The first-order valence-corrected chi connectivity index (χ1v) is 23.3. The second-order valence-electron chi connectivity index (χ2n) is 21.6. The van der Waals surface area contributed by atoms with Crippen LogP contribution in [0.5, 0.6) is 11.5 Å². The third kappa shape index (κ3) is 5.91. The Morgan fingerprint density at radius 2 is 1.50 bits per heavy atom. The molecule has 2 spiro atoms. The second-order valence-corrected chi connectivity index (χ2v) is 22.1. The van der Waals surface area contributed by atoms with Gasteiger partial charge in [0.15, 0.2) is 17.3 Å². The number of carbonyl (C=O) groups excluding carboxylic acids is 2. The quantitative estimate of drug-likeness (QED) is 0.219. The van der Waals surface area contributed by atoms with E-state index < -0.39 is 33.8 Å². The number of halogens is 2. The number of ether oxygens (including phenoxy) is 2. The maximum Gasteiger partial charge on any atom is 0.227 e. The molecule has 10 aliphatic carbocycles. The van der Waals surface area contributed by atoms with Crippen molar-refractivity contribution in [3.05, 3.63) is 82.2 Å². The van der Waals surface area contributed by atoms with Crippen LogP contribution in [0.1, 0.15) is 108 Å². The van der Waals surface area contributed by atoms with Gasteiger partial charge in [-0.15, -0.1) is 0 Å². The predicted molar refractivity (Wildman–Crippen MR) is 229 cm³/mol. The van der Waals surface area contributed by atoms with Crippen molar-refractivity contribution < 1.29 is 33.7 Å². The SMILES string of the molecule is COc1ccc(CC(=O)N(CC23CC4CC(CC(C4)C2)C3)C[C@]2(O)CC[C@H]3[C@]45C=C[C@@]6(C=C4C(=O)Cc4c(F)cccc4Cl)CC(O)CC[C@]6(C)[C@H]5CC[C@@]32C)cc1OC. The van der Waals surface area contributed by atoms with Crippen molar-refractivity contribution in [2.45, 2.75) is 122 Å². The molecule has 10 aliphatic rings. The number of Topliss-reactive ketones (excluding diaryl/α,β-unsaturated/α-hetero) is 1. The number of rotatable bonds is 11. The van der Waals surface area contributed by atoms with Crippen molar-refractivity contribution in [3.63, 3.8) is 0 Å². The van der Waals surface area contributed by atoms with Crippen LogP contribution in [-0.4, -0.2) is 65.8 Å². The molecule has 60 heavy (non-hydrogen) atoms. The molecule has 12 rings (SSSR count). The van der Waals surface area contributed by atoms with Crippen molar-refractivity contribution >= 4 is 23.3 Å². The summed E-state index contributed by atoms with van der Waals surface area (Å²) in [7, 11) is 3.22. The number of nitrogens with zero attached hydrogens (tertiary/aromatic N) is 1. The van der Waals surface area contributed by atoms with Gasteiger partial charge in [0, 0.05) is 51.9 Å². The molecule has 9 heteroatoms. The van der Waals surface area contributed by atoms with E-state index in [0.29, 0.717) is 49.3 Å². The third-order valence-electron chi connectivity index (χ3n) is 18.7. The number of hydrogen-bond acceptors (Lipinski definition) is 6. The van der Waals surface area contributed by atoms with E-state index in [0.717, 1.165) is 61.8 Å². The Balaban J connectivity index is 1.02. The molecule has 1 amide bonds. The number of ketones is 1. The molecule has 8 atom stereocenters. The van der Waals surface area contributed by atoms with Gasteiger partial charge in [-0.1, -0.05) is 55.8 Å². The molecule has 322 valence electrons. The summed E-state index contributed by atoms with van der Waals surface area (Å²) < 4.78 is 26.5. The Bertz CT molecular complexity index is 2110. The molecule has 2 aromatic carbocycles. The summed E-state index contributed by atoms with van der Waals surface area (Å²) in [6, 6.07) is 10.3. The number of aliphatic hydroxyl groups is 2. The van der Waals surface area contributed by atoms with Gasteiger partial charge < -0.3 is 24.6 Å². The first-order valence-electron chi connectivity index (χ1n) is 22.9. The average molecular weight is 841 g/mol. The first-order chi connectivity index (χ1) is 28.6. The molecular formula is C51H63ClFNO6. The van der Waals surface area contributed by atoms with Crippen LogP contribution in [0.25, 0.3) is 0 Å². The molecule has 1 unspecified atom stereocenters. The molecule has 2 aromatic rings. The van der Waals surface area contributed by atoms with Crippen molar-refractivity contribution in [2.24, 2.45) is 56.7 Å². The summed E-state index contributed by atoms with van der Waals surface area (Å²) in [6.07, 6.45) is 18.7. The Hall–Kier alpha value is -3.20. The molecule has 6 bridgehead atoms. The number of amides is 1. The number of carbonyl (C=O) groups is 2. The fourth-order valence-electron chi connectivity index (χ4n) is 16.3. The highest BCUT2D eigenvalue weighted by molar-refractivity contribution is 6.31. The van der Waals surface area contributed by atoms with Gasteiger partial charge in [0.1, 0.15) is 5.82 Å². The van der Waals surface area contributed by atoms with Crippen molar-refractivity contribution in [3.8, 4) is 11.5 Å². The number of benzene rings is 2. The normalized spacial score (nSPS) is 41.6. The number of aliphatic hydroxyl groups excluding tert-OH is 1. The van der Waals surface area contributed by atoms with Crippen LogP contribution >= 0.6 is 11.6 Å². The van der Waals surface area contributed by atoms with Gasteiger partial charge in [-0.25, -0.2) is 4.39 Å². The Morgan fingerprint density at radius 1 is 0.833 bits per heavy atom. The van der Waals surface area contributed by atoms with Gasteiger partial charge in [0.25, 0.3) is 0 Å². The second kappa shape index (κ2) is 14.2. The van der Waals surface area contributed by atoms with Gasteiger partial charge in [-0.3, -0.25) is 9.59 Å². The van der Waals surface area contributed by atoms with E-state index in [1.807, 2.05) is 18.2 Å².